The number of nitrogens with zero attached hydrogens (tertiary/aromatic N) is 1. The number of rotatable bonds is 4. The van der Waals surface area contributed by atoms with Gasteiger partial charge in [-0.25, -0.2) is 0 Å². The van der Waals surface area contributed by atoms with Gasteiger partial charge in [-0.2, -0.15) is 11.8 Å². The van der Waals surface area contributed by atoms with Crippen LogP contribution in [0, 0.1) is 0 Å². The lowest BCUT2D eigenvalue weighted by Crippen LogP contribution is -2.61. The maximum Gasteiger partial charge on any atom is 0.327 e. The largest absolute Gasteiger partial charge is 0.468 e. The van der Waals surface area contributed by atoms with E-state index >= 15 is 0 Å². The highest BCUT2D eigenvalue weighted by molar-refractivity contribution is 8.00. The van der Waals surface area contributed by atoms with E-state index in [1.165, 1.54) is 7.11 Å². The number of thioether (sulfide) groups is 1. The van der Waals surface area contributed by atoms with Crippen molar-refractivity contribution in [1.82, 2.24) is 4.90 Å². The molecule has 0 amide bonds. The molecule has 0 aliphatic carbocycles. The molecule has 0 saturated carbocycles. The van der Waals surface area contributed by atoms with Crippen molar-refractivity contribution in [3.8, 4) is 0 Å². The van der Waals surface area contributed by atoms with Crippen molar-refractivity contribution in [2.45, 2.75) is 31.1 Å². The molecule has 84 valence electrons. The van der Waals surface area contributed by atoms with Crippen molar-refractivity contribution < 1.29 is 9.53 Å². The highest BCUT2D eigenvalue weighted by Gasteiger charge is 2.49. The molecule has 0 spiro atoms. The summed E-state index contributed by atoms with van der Waals surface area (Å²) in [4.78, 5) is 13.7. The number of hydrogen-bond donors (Lipinski definition) is 0. The molecular weight excluding hydrogens is 198 g/mol. The van der Waals surface area contributed by atoms with Gasteiger partial charge in [-0.3, -0.25) is 9.69 Å². The molecular formula is C10H21NO2S. The minimum atomic E-state index is -0.610. The van der Waals surface area contributed by atoms with Crippen LogP contribution < -0.4 is 0 Å². The Morgan fingerprint density at radius 3 is 1.93 bits per heavy atom. The Hall–Kier alpha value is -0.220. The Labute approximate surface area is 91.2 Å². The average molecular weight is 219 g/mol. The first kappa shape index (κ1) is 13.8. The molecule has 0 aromatic carbocycles. The van der Waals surface area contributed by atoms with Crippen LogP contribution in [-0.2, 0) is 9.53 Å². The zero-order chi connectivity index (χ0) is 11.6. The van der Waals surface area contributed by atoms with Crippen LogP contribution in [-0.4, -0.2) is 48.6 Å². The molecule has 1 unspecified atom stereocenters. The SMILES string of the molecule is COC(=O)C(C)(N(C)C)C(C)(C)SC. The second kappa shape index (κ2) is 4.53. The minimum Gasteiger partial charge on any atom is -0.468 e. The van der Waals surface area contributed by atoms with Crippen LogP contribution in [0.25, 0.3) is 0 Å². The second-order valence-electron chi connectivity index (χ2n) is 4.17. The first-order chi connectivity index (χ1) is 6.24. The van der Waals surface area contributed by atoms with Gasteiger partial charge in [-0.15, -0.1) is 0 Å². The third kappa shape index (κ3) is 2.06. The molecule has 0 radical (unpaired) electrons. The van der Waals surface area contributed by atoms with E-state index in [1.54, 1.807) is 11.8 Å². The highest BCUT2D eigenvalue weighted by atomic mass is 32.2. The Kier molecular flexibility index (Phi) is 4.46. The Balaban J connectivity index is 5.20. The zero-order valence-corrected chi connectivity index (χ0v) is 11.0. The quantitative estimate of drug-likeness (QED) is 0.672. The molecule has 0 heterocycles. The summed E-state index contributed by atoms with van der Waals surface area (Å²) in [6.45, 7) is 6.01. The highest BCUT2D eigenvalue weighted by Crippen LogP contribution is 2.37. The van der Waals surface area contributed by atoms with Crippen LogP contribution >= 0.6 is 11.8 Å². The number of esters is 1. The van der Waals surface area contributed by atoms with Crippen molar-refractivity contribution in [3.63, 3.8) is 0 Å². The maximum atomic E-state index is 11.8. The predicted octanol–water partition coefficient (Wildman–Crippen LogP) is 1.62. The number of likely N-dealkylation sites (N-methyl/N-ethyl adjacent to an activating group) is 1. The van der Waals surface area contributed by atoms with Gasteiger partial charge in [0.1, 0.15) is 5.54 Å². The lowest BCUT2D eigenvalue weighted by Gasteiger charge is -2.45. The van der Waals surface area contributed by atoms with Crippen LogP contribution in [0.3, 0.4) is 0 Å². The molecule has 4 heteroatoms. The summed E-state index contributed by atoms with van der Waals surface area (Å²) in [6, 6.07) is 0. The fourth-order valence-electron chi connectivity index (χ4n) is 1.36. The molecule has 3 nitrogen and oxygen atoms in total. The molecule has 0 aromatic heterocycles. The molecule has 0 aliphatic rings. The molecule has 0 fully saturated rings. The van der Waals surface area contributed by atoms with Crippen LogP contribution in [0.5, 0.6) is 0 Å². The molecule has 0 bridgehead atoms. The number of methoxy groups -OCH3 is 1. The summed E-state index contributed by atoms with van der Waals surface area (Å²) in [6.07, 6.45) is 2.00. The van der Waals surface area contributed by atoms with Gasteiger partial charge in [0.25, 0.3) is 0 Å². The third-order valence-electron chi connectivity index (χ3n) is 3.16. The van der Waals surface area contributed by atoms with E-state index in [0.29, 0.717) is 0 Å². The summed E-state index contributed by atoms with van der Waals surface area (Å²) in [5.41, 5.74) is -0.610. The van der Waals surface area contributed by atoms with Crippen LogP contribution in [0.15, 0.2) is 0 Å². The van der Waals surface area contributed by atoms with Gasteiger partial charge in [-0.05, 0) is 41.1 Å². The van der Waals surface area contributed by atoms with Gasteiger partial charge in [0.2, 0.25) is 0 Å². The maximum absolute atomic E-state index is 11.8. The van der Waals surface area contributed by atoms with E-state index in [1.807, 2.05) is 32.2 Å². The van der Waals surface area contributed by atoms with Gasteiger partial charge >= 0.3 is 5.97 Å². The van der Waals surface area contributed by atoms with Gasteiger partial charge in [0, 0.05) is 4.75 Å². The fraction of sp³-hybridized carbons (Fsp3) is 0.900. The number of carbonyl (C=O) groups is 1. The fourth-order valence-corrected chi connectivity index (χ4v) is 2.03. The smallest absolute Gasteiger partial charge is 0.327 e. The van der Waals surface area contributed by atoms with Gasteiger partial charge in [0.15, 0.2) is 0 Å². The second-order valence-corrected chi connectivity index (χ2v) is 5.60. The van der Waals surface area contributed by atoms with Crippen LogP contribution in [0.4, 0.5) is 0 Å². The van der Waals surface area contributed by atoms with Crippen LogP contribution in [0.2, 0.25) is 0 Å². The Morgan fingerprint density at radius 1 is 1.29 bits per heavy atom. The zero-order valence-electron chi connectivity index (χ0n) is 10.2. The standard InChI is InChI=1S/C10H21NO2S/c1-9(2,14-7)10(3,11(4)5)8(12)13-6/h1-7H3. The molecule has 14 heavy (non-hydrogen) atoms. The molecule has 0 aliphatic heterocycles. The summed E-state index contributed by atoms with van der Waals surface area (Å²) >= 11 is 1.66. The van der Waals surface area contributed by atoms with E-state index in [0.717, 1.165) is 0 Å². The van der Waals surface area contributed by atoms with Crippen molar-refractivity contribution in [2.24, 2.45) is 0 Å². The Morgan fingerprint density at radius 2 is 1.71 bits per heavy atom. The predicted molar refractivity (Wildman–Crippen MR) is 61.7 cm³/mol. The molecule has 0 N–H and O–H groups in total. The van der Waals surface area contributed by atoms with E-state index < -0.39 is 5.54 Å². The van der Waals surface area contributed by atoms with Crippen molar-refractivity contribution in [3.05, 3.63) is 0 Å². The molecule has 0 rings (SSSR count). The topological polar surface area (TPSA) is 29.5 Å². The van der Waals surface area contributed by atoms with E-state index in [-0.39, 0.29) is 10.7 Å². The Bertz CT molecular complexity index is 216. The van der Waals surface area contributed by atoms with Gasteiger partial charge in [-0.1, -0.05) is 0 Å². The number of ether oxygens (including phenoxy) is 1. The van der Waals surface area contributed by atoms with Gasteiger partial charge < -0.3 is 4.74 Å². The summed E-state index contributed by atoms with van der Waals surface area (Å²) in [7, 11) is 5.23. The number of carbonyl (C=O) groups excluding carboxylic acids is 1. The normalized spacial score (nSPS) is 16.6. The lowest BCUT2D eigenvalue weighted by atomic mass is 9.86. The van der Waals surface area contributed by atoms with Crippen molar-refractivity contribution >= 4 is 17.7 Å². The molecule has 1 atom stereocenters. The first-order valence-electron chi connectivity index (χ1n) is 4.55. The van der Waals surface area contributed by atoms with E-state index in [2.05, 4.69) is 13.8 Å². The average Bonchev–Trinajstić information content (AvgIpc) is 2.14. The van der Waals surface area contributed by atoms with Crippen molar-refractivity contribution in [1.29, 1.82) is 0 Å². The minimum absolute atomic E-state index is 0.191. The van der Waals surface area contributed by atoms with E-state index in [4.69, 9.17) is 4.74 Å². The first-order valence-corrected chi connectivity index (χ1v) is 5.77. The monoisotopic (exact) mass is 219 g/mol. The lowest BCUT2D eigenvalue weighted by molar-refractivity contribution is -0.154. The summed E-state index contributed by atoms with van der Waals surface area (Å²) < 4.78 is 4.68. The van der Waals surface area contributed by atoms with Crippen molar-refractivity contribution in [2.75, 3.05) is 27.5 Å². The van der Waals surface area contributed by atoms with Crippen LogP contribution in [0.1, 0.15) is 20.8 Å². The van der Waals surface area contributed by atoms with Gasteiger partial charge in [0.05, 0.1) is 7.11 Å². The summed E-state index contributed by atoms with van der Waals surface area (Å²) in [5.74, 6) is -0.193. The summed E-state index contributed by atoms with van der Waals surface area (Å²) in [5, 5.41) is 0. The number of hydrogen-bond acceptors (Lipinski definition) is 4. The van der Waals surface area contributed by atoms with E-state index in [9.17, 15) is 4.79 Å². The molecule has 0 saturated heterocycles. The molecule has 0 aromatic rings. The third-order valence-corrected chi connectivity index (χ3v) is 4.58.